The van der Waals surface area contributed by atoms with E-state index in [0.717, 1.165) is 29.8 Å². The van der Waals surface area contributed by atoms with Gasteiger partial charge >= 0.3 is 0 Å². The Hall–Kier alpha value is -1.73. The molecule has 0 aromatic heterocycles. The number of benzene rings is 3. The summed E-state index contributed by atoms with van der Waals surface area (Å²) in [7, 11) is 0. The van der Waals surface area contributed by atoms with E-state index >= 15 is 0 Å². The van der Waals surface area contributed by atoms with Gasteiger partial charge in [-0.3, -0.25) is 9.45 Å². The van der Waals surface area contributed by atoms with Gasteiger partial charge in [0, 0.05) is 36.2 Å². The second-order valence-electron chi connectivity index (χ2n) is 7.86. The first-order valence-electron chi connectivity index (χ1n) is 10.1. The topological polar surface area (TPSA) is 43.8 Å². The lowest BCUT2D eigenvalue weighted by Crippen LogP contribution is -2.52. The van der Waals surface area contributed by atoms with E-state index in [1.54, 1.807) is 4.31 Å². The van der Waals surface area contributed by atoms with Crippen molar-refractivity contribution in [3.63, 3.8) is 0 Å². The van der Waals surface area contributed by atoms with E-state index in [9.17, 15) is 8.76 Å². The number of hydrogen-bond acceptors (Lipinski definition) is 2. The molecule has 31 heavy (non-hydrogen) atoms. The van der Waals surface area contributed by atoms with Crippen LogP contribution in [0.2, 0.25) is 10.0 Å². The zero-order chi connectivity index (χ0) is 21.8. The molecule has 1 unspecified atom stereocenters. The lowest BCUT2D eigenvalue weighted by Gasteiger charge is -2.46. The van der Waals surface area contributed by atoms with Gasteiger partial charge in [-0.1, -0.05) is 77.8 Å². The summed E-state index contributed by atoms with van der Waals surface area (Å²) in [6.07, 6.45) is 0. The van der Waals surface area contributed by atoms with Gasteiger partial charge in [-0.2, -0.15) is 4.31 Å². The van der Waals surface area contributed by atoms with E-state index in [2.05, 4.69) is 29.2 Å². The Morgan fingerprint density at radius 3 is 1.90 bits per heavy atom. The van der Waals surface area contributed by atoms with Crippen molar-refractivity contribution in [2.24, 2.45) is 5.92 Å². The normalized spacial score (nSPS) is 15.9. The Bertz CT molecular complexity index is 965. The minimum Gasteiger partial charge on any atom is -0.294 e. The molecule has 0 bridgehead atoms. The van der Waals surface area contributed by atoms with E-state index in [1.165, 1.54) is 0 Å². The predicted molar refractivity (Wildman–Crippen MR) is 127 cm³/mol. The highest BCUT2D eigenvalue weighted by Crippen LogP contribution is 2.35. The summed E-state index contributed by atoms with van der Waals surface area (Å²) in [4.78, 5) is 2.39. The molecule has 0 aliphatic carbocycles. The maximum Gasteiger partial charge on any atom is 0.234 e. The van der Waals surface area contributed by atoms with Gasteiger partial charge in [-0.05, 0) is 46.9 Å². The Morgan fingerprint density at radius 2 is 1.42 bits per heavy atom. The monoisotopic (exact) mass is 474 g/mol. The molecule has 1 aliphatic heterocycles. The van der Waals surface area contributed by atoms with E-state index in [4.69, 9.17) is 23.2 Å². The van der Waals surface area contributed by atoms with E-state index in [-0.39, 0.29) is 6.04 Å². The van der Waals surface area contributed by atoms with Gasteiger partial charge in [-0.15, -0.1) is 0 Å². The molecule has 1 N–H and O–H groups in total. The molecule has 7 heteroatoms. The third kappa shape index (κ3) is 5.75. The van der Waals surface area contributed by atoms with E-state index in [1.807, 2.05) is 54.6 Å². The molecule has 1 atom stereocenters. The minimum absolute atomic E-state index is 0.0907. The number of hydrogen-bond donors (Lipinski definition) is 1. The molecule has 3 aromatic rings. The molecule has 0 amide bonds. The van der Waals surface area contributed by atoms with Crippen LogP contribution in [0.15, 0.2) is 78.9 Å². The van der Waals surface area contributed by atoms with E-state index in [0.29, 0.717) is 29.1 Å². The average molecular weight is 475 g/mol. The molecule has 4 rings (SSSR count). The van der Waals surface area contributed by atoms with Crippen LogP contribution in [-0.2, 0) is 17.8 Å². The molecule has 0 spiro atoms. The maximum atomic E-state index is 11.9. The smallest absolute Gasteiger partial charge is 0.234 e. The van der Waals surface area contributed by atoms with Gasteiger partial charge in [0.1, 0.15) is 0 Å². The summed E-state index contributed by atoms with van der Waals surface area (Å²) in [5.74, 6) is 0.321. The third-order valence-electron chi connectivity index (χ3n) is 5.61. The predicted octanol–water partition coefficient (Wildman–Crippen LogP) is 5.65. The second-order valence-corrected chi connectivity index (χ2v) is 9.72. The van der Waals surface area contributed by atoms with E-state index < -0.39 is 11.3 Å². The average Bonchev–Trinajstić information content (AvgIpc) is 2.74. The highest BCUT2D eigenvalue weighted by Gasteiger charge is 2.35. The van der Waals surface area contributed by atoms with Crippen molar-refractivity contribution in [3.05, 3.63) is 106 Å². The molecule has 1 fully saturated rings. The SMILES string of the molecule is O=S(O)N(Cc1ccccc1)CC1CN(C(c2ccc(Cl)cc2)c2ccc(Cl)cc2)C1. The summed E-state index contributed by atoms with van der Waals surface area (Å²) in [6.45, 7) is 2.72. The Balaban J connectivity index is 1.46. The zero-order valence-corrected chi connectivity index (χ0v) is 19.2. The largest absolute Gasteiger partial charge is 0.294 e. The van der Waals surface area contributed by atoms with Gasteiger partial charge in [0.15, 0.2) is 0 Å². The van der Waals surface area contributed by atoms with Crippen LogP contribution in [-0.4, -0.2) is 37.6 Å². The van der Waals surface area contributed by atoms with Crippen molar-refractivity contribution >= 4 is 34.5 Å². The molecule has 1 saturated heterocycles. The third-order valence-corrected chi connectivity index (χ3v) is 6.83. The summed E-state index contributed by atoms with van der Waals surface area (Å²) >= 11 is 10.2. The van der Waals surface area contributed by atoms with Gasteiger partial charge in [0.25, 0.3) is 0 Å². The molecule has 1 aliphatic rings. The highest BCUT2D eigenvalue weighted by atomic mass is 35.5. The van der Waals surface area contributed by atoms with Crippen molar-refractivity contribution in [2.75, 3.05) is 19.6 Å². The number of rotatable bonds is 8. The lowest BCUT2D eigenvalue weighted by atomic mass is 9.90. The Kier molecular flexibility index (Phi) is 7.43. The Labute approximate surface area is 195 Å². The summed E-state index contributed by atoms with van der Waals surface area (Å²) < 4.78 is 23.3. The van der Waals surface area contributed by atoms with Crippen molar-refractivity contribution < 1.29 is 8.76 Å². The second kappa shape index (κ2) is 10.3. The highest BCUT2D eigenvalue weighted by molar-refractivity contribution is 7.76. The quantitative estimate of drug-likeness (QED) is 0.428. The zero-order valence-electron chi connectivity index (χ0n) is 16.9. The first-order chi connectivity index (χ1) is 15.0. The fourth-order valence-corrected chi connectivity index (χ4v) is 4.95. The standard InChI is InChI=1S/C24H24Cl2N2O2S/c25-22-10-6-20(7-11-22)24(21-8-12-23(26)13-9-21)27-14-19(15-27)17-28(31(29)30)16-18-4-2-1-3-5-18/h1-13,19,24H,14-17H2,(H,29,30). The minimum atomic E-state index is -2.01. The fraction of sp³-hybridized carbons (Fsp3) is 0.250. The van der Waals surface area contributed by atoms with Crippen LogP contribution in [0.1, 0.15) is 22.7 Å². The molecular formula is C24H24Cl2N2O2S. The van der Waals surface area contributed by atoms with Crippen LogP contribution in [0, 0.1) is 5.92 Å². The van der Waals surface area contributed by atoms with Crippen LogP contribution >= 0.6 is 23.2 Å². The first-order valence-corrected chi connectivity index (χ1v) is 12.0. The van der Waals surface area contributed by atoms with Gasteiger partial charge in [0.05, 0.1) is 6.04 Å². The maximum absolute atomic E-state index is 11.9. The first kappa shape index (κ1) is 22.5. The van der Waals surface area contributed by atoms with Crippen LogP contribution in [0.3, 0.4) is 0 Å². The van der Waals surface area contributed by atoms with Crippen molar-refractivity contribution in [3.8, 4) is 0 Å². The molecule has 1 heterocycles. The number of halogens is 2. The van der Waals surface area contributed by atoms with Crippen molar-refractivity contribution in [1.82, 2.24) is 9.21 Å². The van der Waals surface area contributed by atoms with Crippen LogP contribution < -0.4 is 0 Å². The number of nitrogens with zero attached hydrogens (tertiary/aromatic N) is 2. The van der Waals surface area contributed by atoms with Crippen molar-refractivity contribution in [2.45, 2.75) is 12.6 Å². The fourth-order valence-electron chi connectivity index (χ4n) is 4.10. The number of likely N-dealkylation sites (tertiary alicyclic amines) is 1. The summed E-state index contributed by atoms with van der Waals surface area (Å²) in [5, 5.41) is 1.42. The molecule has 0 radical (unpaired) electrons. The molecule has 0 saturated carbocycles. The molecule has 3 aromatic carbocycles. The van der Waals surface area contributed by atoms with Crippen LogP contribution in [0.5, 0.6) is 0 Å². The van der Waals surface area contributed by atoms with Gasteiger partial charge in [-0.25, -0.2) is 4.21 Å². The summed E-state index contributed by atoms with van der Waals surface area (Å²) in [5.41, 5.74) is 3.36. The summed E-state index contributed by atoms with van der Waals surface area (Å²) in [6, 6.07) is 25.7. The van der Waals surface area contributed by atoms with Gasteiger partial charge < -0.3 is 0 Å². The van der Waals surface area contributed by atoms with Gasteiger partial charge in [0.2, 0.25) is 11.3 Å². The van der Waals surface area contributed by atoms with Crippen molar-refractivity contribution in [1.29, 1.82) is 0 Å². The lowest BCUT2D eigenvalue weighted by molar-refractivity contribution is 0.0559. The molecular weight excluding hydrogens is 451 g/mol. The van der Waals surface area contributed by atoms with Crippen LogP contribution in [0.25, 0.3) is 0 Å². The Morgan fingerprint density at radius 1 is 0.903 bits per heavy atom. The van der Waals surface area contributed by atoms with Crippen LogP contribution in [0.4, 0.5) is 0 Å². The molecule has 162 valence electrons. The molecule has 4 nitrogen and oxygen atoms in total.